The first kappa shape index (κ1) is 16.7. The molecular formula is C19H24NO4+. The minimum atomic E-state index is -0.863. The molecule has 4 unspecified atom stereocenters. The topological polar surface area (TPSA) is 82.2 Å². The Bertz CT molecular complexity index is 703. The molecule has 0 bridgehead atoms. The third-order valence-corrected chi connectivity index (χ3v) is 5.21. The van der Waals surface area contributed by atoms with Crippen LogP contribution in [0.4, 0.5) is 0 Å². The smallest absolute Gasteiger partial charge is 0.363 e. The van der Waals surface area contributed by atoms with Gasteiger partial charge in [-0.3, -0.25) is 4.90 Å². The summed E-state index contributed by atoms with van der Waals surface area (Å²) in [5.41, 5.74) is 2.13. The van der Waals surface area contributed by atoms with E-state index < -0.39 is 17.6 Å². The number of hydrogen-bond donors (Lipinski definition) is 4. The van der Waals surface area contributed by atoms with E-state index in [0.717, 1.165) is 21.6 Å². The number of quaternary nitrogens is 1. The van der Waals surface area contributed by atoms with Gasteiger partial charge in [-0.05, 0) is 48.6 Å². The van der Waals surface area contributed by atoms with Crippen LogP contribution >= 0.6 is 0 Å². The van der Waals surface area contributed by atoms with Gasteiger partial charge in [0.2, 0.25) is 0 Å². The van der Waals surface area contributed by atoms with Crippen LogP contribution in [0.1, 0.15) is 25.8 Å². The van der Waals surface area contributed by atoms with Crippen molar-refractivity contribution in [3.8, 4) is 5.75 Å². The largest absolute Gasteiger partial charge is 0.508 e. The van der Waals surface area contributed by atoms with Crippen molar-refractivity contribution in [1.82, 2.24) is 0 Å². The number of hydrogen-bond acceptors (Lipinski definition) is 3. The molecule has 1 heterocycles. The summed E-state index contributed by atoms with van der Waals surface area (Å²) in [6.07, 6.45) is 4.95. The summed E-state index contributed by atoms with van der Waals surface area (Å²) >= 11 is 0. The average molecular weight is 330 g/mol. The Balaban J connectivity index is 1.81. The summed E-state index contributed by atoms with van der Waals surface area (Å²) in [6.45, 7) is 4.42. The monoisotopic (exact) mass is 330 g/mol. The van der Waals surface area contributed by atoms with Gasteiger partial charge in [0, 0.05) is 12.0 Å². The molecule has 0 aromatic heterocycles. The summed E-state index contributed by atoms with van der Waals surface area (Å²) in [5, 5.41) is 29.7. The molecule has 1 aromatic carbocycles. The highest BCUT2D eigenvalue weighted by Gasteiger charge is 2.43. The molecule has 0 amide bonds. The first-order chi connectivity index (χ1) is 11.3. The van der Waals surface area contributed by atoms with Crippen molar-refractivity contribution in [3.05, 3.63) is 53.3 Å². The van der Waals surface area contributed by atoms with Crippen molar-refractivity contribution in [3.63, 3.8) is 0 Å². The Labute approximate surface area is 141 Å². The minimum Gasteiger partial charge on any atom is -0.508 e. The third-order valence-electron chi connectivity index (χ3n) is 5.21. The lowest BCUT2D eigenvalue weighted by atomic mass is 9.94. The molecule has 5 heteroatoms. The van der Waals surface area contributed by atoms with Crippen LogP contribution in [0, 0.1) is 5.92 Å². The highest BCUT2D eigenvalue weighted by atomic mass is 16.4. The Hall–Kier alpha value is -2.11. The normalized spacial score (nSPS) is 30.3. The molecule has 1 aromatic rings. The first-order valence-corrected chi connectivity index (χ1v) is 8.28. The molecule has 0 saturated carbocycles. The van der Waals surface area contributed by atoms with Crippen LogP contribution in [0.5, 0.6) is 5.75 Å². The second-order valence-electron chi connectivity index (χ2n) is 7.16. The van der Waals surface area contributed by atoms with E-state index in [4.69, 9.17) is 0 Å². The molecule has 0 saturated heterocycles. The molecule has 2 aliphatic rings. The van der Waals surface area contributed by atoms with Gasteiger partial charge in [-0.15, -0.1) is 0 Å². The zero-order valence-corrected chi connectivity index (χ0v) is 14.0. The van der Waals surface area contributed by atoms with Crippen molar-refractivity contribution in [2.45, 2.75) is 38.3 Å². The second kappa shape index (κ2) is 6.07. The highest BCUT2D eigenvalue weighted by molar-refractivity contribution is 5.72. The molecular weight excluding hydrogens is 306 g/mol. The first-order valence-electron chi connectivity index (χ1n) is 8.28. The Morgan fingerprint density at radius 2 is 2.04 bits per heavy atom. The van der Waals surface area contributed by atoms with E-state index in [9.17, 15) is 20.1 Å². The van der Waals surface area contributed by atoms with E-state index in [-0.39, 0.29) is 5.75 Å². The fourth-order valence-corrected chi connectivity index (χ4v) is 3.94. The van der Waals surface area contributed by atoms with Crippen LogP contribution in [-0.2, 0) is 11.2 Å². The lowest BCUT2D eigenvalue weighted by Crippen LogP contribution is -3.13. The van der Waals surface area contributed by atoms with E-state index in [1.807, 2.05) is 19.2 Å². The number of phenols is 1. The van der Waals surface area contributed by atoms with E-state index in [2.05, 4.69) is 6.92 Å². The van der Waals surface area contributed by atoms with Crippen LogP contribution in [0.15, 0.2) is 47.7 Å². The number of phenolic OH excluding ortho intramolecular Hbond substituents is 1. The molecule has 4 N–H and O–H groups in total. The number of benzene rings is 1. The number of rotatable bonds is 4. The summed E-state index contributed by atoms with van der Waals surface area (Å²) in [4.78, 5) is 12.6. The molecule has 24 heavy (non-hydrogen) atoms. The number of aliphatic hydroxyl groups is 1. The second-order valence-corrected chi connectivity index (χ2v) is 7.16. The number of aromatic hydroxyl groups is 1. The van der Waals surface area contributed by atoms with Crippen LogP contribution in [0.3, 0.4) is 0 Å². The maximum absolute atomic E-state index is 11.8. The van der Waals surface area contributed by atoms with Crippen molar-refractivity contribution in [2.75, 3.05) is 6.54 Å². The van der Waals surface area contributed by atoms with E-state index >= 15 is 0 Å². The molecule has 5 nitrogen and oxygen atoms in total. The van der Waals surface area contributed by atoms with Crippen molar-refractivity contribution < 1.29 is 25.0 Å². The zero-order valence-electron chi connectivity index (χ0n) is 14.0. The molecule has 3 rings (SSSR count). The van der Waals surface area contributed by atoms with Gasteiger partial charge in [0.25, 0.3) is 0 Å². The number of carbonyl (C=O) groups is 1. The Kier molecular flexibility index (Phi) is 4.24. The van der Waals surface area contributed by atoms with Gasteiger partial charge in [0.05, 0.1) is 11.8 Å². The summed E-state index contributed by atoms with van der Waals surface area (Å²) < 4.78 is 0. The lowest BCUT2D eigenvalue weighted by molar-refractivity contribution is -0.861. The minimum absolute atomic E-state index is 0.168. The lowest BCUT2D eigenvalue weighted by Gasteiger charge is -2.29. The van der Waals surface area contributed by atoms with Crippen molar-refractivity contribution >= 4 is 5.97 Å². The average Bonchev–Trinajstić information content (AvgIpc) is 2.75. The van der Waals surface area contributed by atoms with Gasteiger partial charge in [-0.1, -0.05) is 19.1 Å². The van der Waals surface area contributed by atoms with Crippen LogP contribution in [0.2, 0.25) is 0 Å². The molecule has 1 aliphatic carbocycles. The number of carboxylic acids is 1. The maximum atomic E-state index is 11.8. The standard InChI is InChI=1S/C19H23NO4/c1-12-10-19(2,24)16-11-20(8-7-15(12)16)17(18(22)23)9-13-3-5-14(21)6-4-13/h3-8,12,17,21,24H,9-11H2,1-2H3,(H,22,23)/p+1. The van der Waals surface area contributed by atoms with E-state index in [1.165, 1.54) is 0 Å². The maximum Gasteiger partial charge on any atom is 0.363 e. The Morgan fingerprint density at radius 3 is 2.67 bits per heavy atom. The van der Waals surface area contributed by atoms with Crippen LogP contribution in [-0.4, -0.2) is 39.5 Å². The van der Waals surface area contributed by atoms with E-state index in [1.54, 1.807) is 24.3 Å². The molecule has 4 atom stereocenters. The summed E-state index contributed by atoms with van der Waals surface area (Å²) in [6, 6.07) is 6.00. The van der Waals surface area contributed by atoms with Gasteiger partial charge in [-0.2, -0.15) is 0 Å². The SMILES string of the molecule is CC1CC(C)(O)C2=C1C=C[NH+](C(Cc1ccc(O)cc1)C(=O)O)C2. The number of carboxylic acid groups (broad SMARTS) is 1. The van der Waals surface area contributed by atoms with Gasteiger partial charge in [-0.25, -0.2) is 4.79 Å². The van der Waals surface area contributed by atoms with Gasteiger partial charge in [0.15, 0.2) is 6.04 Å². The fraction of sp³-hybridized carbons (Fsp3) is 0.421. The van der Waals surface area contributed by atoms with Crippen molar-refractivity contribution in [1.29, 1.82) is 0 Å². The molecule has 0 spiro atoms. The third kappa shape index (κ3) is 3.09. The van der Waals surface area contributed by atoms with Gasteiger partial charge in [0.1, 0.15) is 12.3 Å². The molecule has 1 aliphatic heterocycles. The number of aliphatic carboxylic acids is 1. The quantitative estimate of drug-likeness (QED) is 0.661. The van der Waals surface area contributed by atoms with Crippen LogP contribution in [0.25, 0.3) is 0 Å². The molecule has 0 radical (unpaired) electrons. The highest BCUT2D eigenvalue weighted by Crippen LogP contribution is 2.40. The molecule has 0 fully saturated rings. The fourth-order valence-electron chi connectivity index (χ4n) is 3.94. The number of allylic oxidation sites excluding steroid dienone is 2. The number of nitrogens with one attached hydrogen (secondary N) is 1. The molecule has 128 valence electrons. The predicted octanol–water partition coefficient (Wildman–Crippen LogP) is 0.887. The van der Waals surface area contributed by atoms with E-state index in [0.29, 0.717) is 25.3 Å². The zero-order chi connectivity index (χ0) is 17.5. The van der Waals surface area contributed by atoms with Crippen LogP contribution < -0.4 is 4.90 Å². The van der Waals surface area contributed by atoms with Gasteiger partial charge < -0.3 is 15.3 Å². The van der Waals surface area contributed by atoms with Crippen molar-refractivity contribution in [2.24, 2.45) is 5.92 Å². The van der Waals surface area contributed by atoms with Gasteiger partial charge >= 0.3 is 5.97 Å². The summed E-state index contributed by atoms with van der Waals surface area (Å²) in [7, 11) is 0. The Morgan fingerprint density at radius 1 is 1.38 bits per heavy atom. The predicted molar refractivity (Wildman–Crippen MR) is 89.6 cm³/mol. The summed E-state index contributed by atoms with van der Waals surface area (Å²) in [5.74, 6) is -0.396.